The molecule has 0 heterocycles. The van der Waals surface area contributed by atoms with Gasteiger partial charge in [-0.05, 0) is 31.2 Å². The second-order valence-electron chi connectivity index (χ2n) is 5.49. The number of benzene rings is 1. The van der Waals surface area contributed by atoms with Gasteiger partial charge in [0.15, 0.2) is 0 Å². The fourth-order valence-corrected chi connectivity index (χ4v) is 2.73. The van der Waals surface area contributed by atoms with E-state index in [2.05, 4.69) is 5.32 Å². The third-order valence-corrected chi connectivity index (χ3v) is 3.95. The summed E-state index contributed by atoms with van der Waals surface area (Å²) in [5.74, 6) is 1.72. The fourth-order valence-electron chi connectivity index (χ4n) is 2.73. The molecular formula is C16H23NO4. The number of rotatable bonds is 6. The average molecular weight is 293 g/mol. The number of nitrogens with one attached hydrogen (secondary N) is 1. The summed E-state index contributed by atoms with van der Waals surface area (Å²) in [6.45, 7) is 0.633. The first-order valence-corrected chi connectivity index (χ1v) is 7.28. The molecule has 0 radical (unpaired) electrons. The highest BCUT2D eigenvalue weighted by Crippen LogP contribution is 2.26. The minimum absolute atomic E-state index is 0.0279. The molecule has 1 aromatic carbocycles. The molecule has 2 N–H and O–H groups in total. The third-order valence-electron chi connectivity index (χ3n) is 3.95. The van der Waals surface area contributed by atoms with Gasteiger partial charge in [-0.3, -0.25) is 4.79 Å². The average Bonchev–Trinajstić information content (AvgIpc) is 2.91. The zero-order chi connectivity index (χ0) is 15.2. The molecule has 1 saturated carbocycles. The van der Waals surface area contributed by atoms with E-state index in [4.69, 9.17) is 9.47 Å². The molecule has 0 aromatic heterocycles. The summed E-state index contributed by atoms with van der Waals surface area (Å²) in [7, 11) is 3.17. The number of aliphatic hydroxyl groups excluding tert-OH is 1. The van der Waals surface area contributed by atoms with Gasteiger partial charge >= 0.3 is 0 Å². The second kappa shape index (κ2) is 7.31. The lowest BCUT2D eigenvalue weighted by Crippen LogP contribution is -2.30. The molecule has 0 saturated heterocycles. The van der Waals surface area contributed by atoms with E-state index in [1.165, 1.54) is 0 Å². The number of hydrogen-bond donors (Lipinski definition) is 2. The van der Waals surface area contributed by atoms with Crippen LogP contribution in [-0.2, 0) is 11.2 Å². The molecule has 1 aliphatic carbocycles. The smallest absolute Gasteiger partial charge is 0.224 e. The van der Waals surface area contributed by atoms with Crippen molar-refractivity contribution >= 4 is 5.91 Å². The van der Waals surface area contributed by atoms with Crippen LogP contribution in [0.3, 0.4) is 0 Å². The highest BCUT2D eigenvalue weighted by molar-refractivity contribution is 5.79. The topological polar surface area (TPSA) is 67.8 Å². The molecule has 2 rings (SSSR count). The zero-order valence-corrected chi connectivity index (χ0v) is 12.6. The summed E-state index contributed by atoms with van der Waals surface area (Å²) < 4.78 is 10.4. The summed E-state index contributed by atoms with van der Waals surface area (Å²) in [5, 5.41) is 12.4. The van der Waals surface area contributed by atoms with Gasteiger partial charge in [0.25, 0.3) is 0 Å². The number of ether oxygens (including phenoxy) is 2. The zero-order valence-electron chi connectivity index (χ0n) is 12.6. The molecule has 0 bridgehead atoms. The van der Waals surface area contributed by atoms with Crippen molar-refractivity contribution in [2.24, 2.45) is 5.92 Å². The number of aliphatic hydroxyl groups is 1. The number of carbonyl (C=O) groups excluding carboxylic acids is 1. The van der Waals surface area contributed by atoms with E-state index in [9.17, 15) is 9.90 Å². The molecule has 0 aliphatic heterocycles. The monoisotopic (exact) mass is 293 g/mol. The van der Waals surface area contributed by atoms with Crippen LogP contribution in [0.25, 0.3) is 0 Å². The van der Waals surface area contributed by atoms with Crippen molar-refractivity contribution in [3.8, 4) is 11.5 Å². The van der Waals surface area contributed by atoms with Gasteiger partial charge < -0.3 is 19.9 Å². The van der Waals surface area contributed by atoms with Gasteiger partial charge in [-0.1, -0.05) is 6.07 Å². The number of amides is 1. The van der Waals surface area contributed by atoms with E-state index in [1.54, 1.807) is 20.3 Å². The maximum atomic E-state index is 12.0. The quantitative estimate of drug-likeness (QED) is 0.834. The molecule has 21 heavy (non-hydrogen) atoms. The fraction of sp³-hybridized carbons (Fsp3) is 0.562. The highest BCUT2D eigenvalue weighted by atomic mass is 16.5. The third kappa shape index (κ3) is 4.36. The van der Waals surface area contributed by atoms with Crippen LogP contribution in [0.2, 0.25) is 0 Å². The summed E-state index contributed by atoms with van der Waals surface area (Å²) in [6.07, 6.45) is 2.68. The van der Waals surface area contributed by atoms with Crippen LogP contribution in [0.5, 0.6) is 11.5 Å². The molecule has 1 fully saturated rings. The van der Waals surface area contributed by atoms with E-state index < -0.39 is 0 Å². The summed E-state index contributed by atoms with van der Waals surface area (Å²) in [5.41, 5.74) is 0.835. The first kappa shape index (κ1) is 15.6. The van der Waals surface area contributed by atoms with Crippen molar-refractivity contribution < 1.29 is 19.4 Å². The Hall–Kier alpha value is -1.75. The predicted octanol–water partition coefficient (Wildman–Crippen LogP) is 1.52. The lowest BCUT2D eigenvalue weighted by molar-refractivity contribution is -0.120. The number of hydrogen-bond acceptors (Lipinski definition) is 4. The molecule has 1 aromatic rings. The summed E-state index contributed by atoms with van der Waals surface area (Å²) in [6, 6.07) is 5.44. The van der Waals surface area contributed by atoms with Crippen molar-refractivity contribution in [1.29, 1.82) is 0 Å². The minimum Gasteiger partial charge on any atom is -0.497 e. The van der Waals surface area contributed by atoms with Crippen LogP contribution in [0, 0.1) is 5.92 Å². The number of methoxy groups -OCH3 is 2. The van der Waals surface area contributed by atoms with Crippen LogP contribution in [0.4, 0.5) is 0 Å². The summed E-state index contributed by atoms with van der Waals surface area (Å²) >= 11 is 0. The van der Waals surface area contributed by atoms with Crippen LogP contribution in [0.1, 0.15) is 24.8 Å². The second-order valence-corrected chi connectivity index (χ2v) is 5.49. The van der Waals surface area contributed by atoms with Crippen molar-refractivity contribution in [3.63, 3.8) is 0 Å². The van der Waals surface area contributed by atoms with Gasteiger partial charge in [-0.15, -0.1) is 0 Å². The largest absolute Gasteiger partial charge is 0.497 e. The first-order valence-electron chi connectivity index (χ1n) is 7.28. The Morgan fingerprint density at radius 2 is 2.14 bits per heavy atom. The van der Waals surface area contributed by atoms with Crippen LogP contribution < -0.4 is 14.8 Å². The lowest BCUT2D eigenvalue weighted by Gasteiger charge is -2.13. The molecule has 5 nitrogen and oxygen atoms in total. The highest BCUT2D eigenvalue weighted by Gasteiger charge is 2.23. The first-order chi connectivity index (χ1) is 10.1. The Bertz CT molecular complexity index is 489. The Balaban J connectivity index is 1.87. The number of carbonyl (C=O) groups is 1. The van der Waals surface area contributed by atoms with E-state index in [0.29, 0.717) is 24.0 Å². The van der Waals surface area contributed by atoms with Crippen LogP contribution >= 0.6 is 0 Å². The maximum absolute atomic E-state index is 12.0. The van der Waals surface area contributed by atoms with Gasteiger partial charge in [0.2, 0.25) is 5.91 Å². The van der Waals surface area contributed by atoms with E-state index in [-0.39, 0.29) is 18.4 Å². The van der Waals surface area contributed by atoms with E-state index in [1.807, 2.05) is 12.1 Å². The lowest BCUT2D eigenvalue weighted by atomic mass is 10.1. The van der Waals surface area contributed by atoms with Gasteiger partial charge in [-0.25, -0.2) is 0 Å². The van der Waals surface area contributed by atoms with Crippen molar-refractivity contribution in [2.75, 3.05) is 20.8 Å². The normalized spacial score (nSPS) is 21.1. The molecule has 1 amide bonds. The molecule has 2 unspecified atom stereocenters. The molecule has 116 valence electrons. The van der Waals surface area contributed by atoms with Crippen molar-refractivity contribution in [2.45, 2.75) is 31.8 Å². The molecular weight excluding hydrogens is 270 g/mol. The minimum atomic E-state index is -0.200. The van der Waals surface area contributed by atoms with Gasteiger partial charge in [0.1, 0.15) is 11.5 Å². The Kier molecular flexibility index (Phi) is 5.44. The summed E-state index contributed by atoms with van der Waals surface area (Å²) in [4.78, 5) is 12.0. The maximum Gasteiger partial charge on any atom is 0.224 e. The van der Waals surface area contributed by atoms with Gasteiger partial charge in [0, 0.05) is 18.2 Å². The van der Waals surface area contributed by atoms with Crippen LogP contribution in [0.15, 0.2) is 18.2 Å². The molecule has 2 atom stereocenters. The standard InChI is InChI=1S/C16H23NO4/c1-20-14-6-4-12(15(9-14)21-2)8-16(19)17-10-11-3-5-13(18)7-11/h4,6,9,11,13,18H,3,5,7-8,10H2,1-2H3,(H,17,19). The van der Waals surface area contributed by atoms with Gasteiger partial charge in [0.05, 0.1) is 26.7 Å². The Labute approximate surface area is 125 Å². The van der Waals surface area contributed by atoms with E-state index in [0.717, 1.165) is 24.8 Å². The molecule has 5 heteroatoms. The van der Waals surface area contributed by atoms with E-state index >= 15 is 0 Å². The van der Waals surface area contributed by atoms with Crippen LogP contribution in [-0.4, -0.2) is 37.9 Å². The molecule has 0 spiro atoms. The van der Waals surface area contributed by atoms with Crippen molar-refractivity contribution in [3.05, 3.63) is 23.8 Å². The Morgan fingerprint density at radius 3 is 2.76 bits per heavy atom. The predicted molar refractivity (Wildman–Crippen MR) is 79.6 cm³/mol. The van der Waals surface area contributed by atoms with Crippen molar-refractivity contribution in [1.82, 2.24) is 5.32 Å². The van der Waals surface area contributed by atoms with Gasteiger partial charge in [-0.2, -0.15) is 0 Å². The SMILES string of the molecule is COc1ccc(CC(=O)NCC2CCC(O)C2)c(OC)c1. The Morgan fingerprint density at radius 1 is 1.33 bits per heavy atom. The molecule has 1 aliphatic rings.